The number of esters is 1. The fourth-order valence-electron chi connectivity index (χ4n) is 0.736. The first-order valence-corrected chi connectivity index (χ1v) is 6.51. The molecule has 0 amide bonds. The maximum absolute atomic E-state index is 10.1. The van der Waals surface area contributed by atoms with E-state index in [0.29, 0.717) is 6.61 Å². The second-order valence-corrected chi connectivity index (χ2v) is 2.61. The molecule has 0 spiro atoms. The zero-order valence-electron chi connectivity index (χ0n) is 12.7. The molecule has 1 aromatic rings. The van der Waals surface area contributed by atoms with Gasteiger partial charge >= 0.3 is 5.97 Å². The van der Waals surface area contributed by atoms with Crippen molar-refractivity contribution in [3.05, 3.63) is 48.6 Å². The van der Waals surface area contributed by atoms with E-state index in [1.54, 1.807) is 6.92 Å². The molecule has 0 N–H and O–H groups in total. The fraction of sp³-hybridized carbons (Fsp3) is 0.438. The lowest BCUT2D eigenvalue weighted by Gasteiger charge is -1.90. The topological polar surface area (TPSA) is 26.3 Å². The smallest absolute Gasteiger partial charge is 0.330 e. The number of hydrogen-bond donors (Lipinski definition) is 0. The van der Waals surface area contributed by atoms with E-state index in [4.69, 9.17) is 0 Å². The molecule has 0 fully saturated rings. The minimum Gasteiger partial charge on any atom is -0.463 e. The van der Waals surface area contributed by atoms with Crippen molar-refractivity contribution in [2.24, 2.45) is 0 Å². The van der Waals surface area contributed by atoms with Crippen LogP contribution in [0.2, 0.25) is 0 Å². The molecule has 0 bridgehead atoms. The summed E-state index contributed by atoms with van der Waals surface area (Å²) >= 11 is 0. The monoisotopic (exact) mass is 252 g/mol. The summed E-state index contributed by atoms with van der Waals surface area (Å²) in [4.78, 5) is 10.1. The van der Waals surface area contributed by atoms with E-state index < -0.39 is 0 Å². The highest BCUT2D eigenvalue weighted by Gasteiger charge is 1.86. The van der Waals surface area contributed by atoms with Crippen LogP contribution in [0.5, 0.6) is 0 Å². The van der Waals surface area contributed by atoms with Gasteiger partial charge in [-0.3, -0.25) is 0 Å². The van der Waals surface area contributed by atoms with Crippen molar-refractivity contribution < 1.29 is 9.53 Å². The van der Waals surface area contributed by atoms with Crippen LogP contribution in [0.3, 0.4) is 0 Å². The zero-order valence-corrected chi connectivity index (χ0v) is 12.7. The highest BCUT2D eigenvalue weighted by Crippen LogP contribution is 1.92. The van der Waals surface area contributed by atoms with Gasteiger partial charge in [0.25, 0.3) is 0 Å². The summed E-state index contributed by atoms with van der Waals surface area (Å²) < 4.78 is 4.43. The third-order valence-electron chi connectivity index (χ3n) is 1.39. The minimum atomic E-state index is -0.359. The lowest BCUT2D eigenvalue weighted by molar-refractivity contribution is -0.137. The Morgan fingerprint density at radius 3 is 1.78 bits per heavy atom. The van der Waals surface area contributed by atoms with E-state index in [1.807, 2.05) is 45.9 Å². The SMILES string of the molecule is C=CC(=O)OCC.CC.CC.Cc1ccccc1. The molecule has 0 aromatic heterocycles. The van der Waals surface area contributed by atoms with Gasteiger partial charge in [0.2, 0.25) is 0 Å². The molecule has 0 aliphatic rings. The van der Waals surface area contributed by atoms with Crippen LogP contribution in [0, 0.1) is 6.92 Å². The Morgan fingerprint density at radius 1 is 1.17 bits per heavy atom. The average Bonchev–Trinajstić information content (AvgIpc) is 2.45. The van der Waals surface area contributed by atoms with Crippen molar-refractivity contribution in [1.82, 2.24) is 0 Å². The first-order valence-electron chi connectivity index (χ1n) is 6.51. The number of benzene rings is 1. The number of rotatable bonds is 2. The number of hydrogen-bond acceptors (Lipinski definition) is 2. The maximum Gasteiger partial charge on any atom is 0.330 e. The van der Waals surface area contributed by atoms with Crippen molar-refractivity contribution in [3.63, 3.8) is 0 Å². The van der Waals surface area contributed by atoms with E-state index in [9.17, 15) is 4.79 Å². The highest BCUT2D eigenvalue weighted by molar-refractivity contribution is 5.81. The molecule has 2 heteroatoms. The molecule has 0 saturated carbocycles. The van der Waals surface area contributed by atoms with Gasteiger partial charge in [0.15, 0.2) is 0 Å². The number of carbonyl (C=O) groups is 1. The van der Waals surface area contributed by atoms with E-state index in [2.05, 4.69) is 30.4 Å². The van der Waals surface area contributed by atoms with Crippen LogP contribution in [-0.2, 0) is 9.53 Å². The molecule has 0 saturated heterocycles. The molecule has 1 aromatic carbocycles. The standard InChI is InChI=1S/C7H8.C5H8O2.2C2H6/c1-7-5-3-2-4-6-7;1-3-5(6)7-4-2;2*1-2/h2-6H,1H3;3H,1,4H2,2H3;2*1-2H3. The van der Waals surface area contributed by atoms with Crippen molar-refractivity contribution in [2.45, 2.75) is 41.5 Å². The number of aryl methyl sites for hydroxylation is 1. The van der Waals surface area contributed by atoms with Crippen LogP contribution in [-0.4, -0.2) is 12.6 Å². The number of carbonyl (C=O) groups excluding carboxylic acids is 1. The minimum absolute atomic E-state index is 0.359. The molecule has 0 heterocycles. The van der Waals surface area contributed by atoms with Gasteiger partial charge in [0, 0.05) is 6.08 Å². The second kappa shape index (κ2) is 20.8. The molecule has 0 atom stereocenters. The quantitative estimate of drug-likeness (QED) is 0.559. The largest absolute Gasteiger partial charge is 0.463 e. The summed E-state index contributed by atoms with van der Waals surface area (Å²) in [5, 5.41) is 0. The Hall–Kier alpha value is -1.57. The van der Waals surface area contributed by atoms with E-state index in [-0.39, 0.29) is 5.97 Å². The third-order valence-corrected chi connectivity index (χ3v) is 1.39. The van der Waals surface area contributed by atoms with E-state index in [1.165, 1.54) is 5.56 Å². The highest BCUT2D eigenvalue weighted by atomic mass is 16.5. The Morgan fingerprint density at radius 2 is 1.61 bits per heavy atom. The molecule has 0 unspecified atom stereocenters. The van der Waals surface area contributed by atoms with E-state index >= 15 is 0 Å². The molecule has 1 rings (SSSR count). The van der Waals surface area contributed by atoms with Crippen molar-refractivity contribution >= 4 is 5.97 Å². The summed E-state index contributed by atoms with van der Waals surface area (Å²) in [5.74, 6) is -0.359. The predicted octanol–water partition coefficient (Wildman–Crippen LogP) is 4.78. The van der Waals surface area contributed by atoms with Crippen LogP contribution in [0.15, 0.2) is 43.0 Å². The second-order valence-electron chi connectivity index (χ2n) is 2.61. The Bertz CT molecular complexity index is 266. The molecule has 18 heavy (non-hydrogen) atoms. The molecular formula is C16H28O2. The van der Waals surface area contributed by atoms with Crippen LogP contribution in [0.25, 0.3) is 0 Å². The third kappa shape index (κ3) is 19.9. The molecule has 0 radical (unpaired) electrons. The van der Waals surface area contributed by atoms with Crippen molar-refractivity contribution in [1.29, 1.82) is 0 Å². The van der Waals surface area contributed by atoms with Gasteiger partial charge in [-0.1, -0.05) is 70.2 Å². The lowest BCUT2D eigenvalue weighted by Crippen LogP contribution is -1.97. The molecule has 104 valence electrons. The molecule has 0 aliphatic heterocycles. The van der Waals surface area contributed by atoms with E-state index in [0.717, 1.165) is 6.08 Å². The van der Waals surface area contributed by atoms with Crippen LogP contribution in [0.1, 0.15) is 40.2 Å². The van der Waals surface area contributed by atoms with Crippen LogP contribution in [0.4, 0.5) is 0 Å². The van der Waals surface area contributed by atoms with Gasteiger partial charge in [0.05, 0.1) is 6.61 Å². The summed E-state index contributed by atoms with van der Waals surface area (Å²) in [6.45, 7) is 15.5. The Labute approximate surface area is 113 Å². The zero-order chi connectivity index (χ0) is 14.8. The van der Waals surface area contributed by atoms with Gasteiger partial charge in [0.1, 0.15) is 0 Å². The van der Waals surface area contributed by atoms with Crippen molar-refractivity contribution in [2.75, 3.05) is 6.61 Å². The molecule has 2 nitrogen and oxygen atoms in total. The van der Waals surface area contributed by atoms with Gasteiger partial charge < -0.3 is 4.74 Å². The van der Waals surface area contributed by atoms with Gasteiger partial charge in [-0.05, 0) is 13.8 Å². The summed E-state index contributed by atoms with van der Waals surface area (Å²) in [5.41, 5.74) is 1.32. The summed E-state index contributed by atoms with van der Waals surface area (Å²) in [6.07, 6.45) is 1.14. The molecule has 0 aliphatic carbocycles. The van der Waals surface area contributed by atoms with Gasteiger partial charge in [-0.25, -0.2) is 4.79 Å². The van der Waals surface area contributed by atoms with Gasteiger partial charge in [-0.15, -0.1) is 0 Å². The van der Waals surface area contributed by atoms with Crippen molar-refractivity contribution in [3.8, 4) is 0 Å². The predicted molar refractivity (Wildman–Crippen MR) is 80.7 cm³/mol. The van der Waals surface area contributed by atoms with Crippen LogP contribution >= 0.6 is 0 Å². The average molecular weight is 252 g/mol. The summed E-state index contributed by atoms with van der Waals surface area (Å²) in [6, 6.07) is 10.3. The Balaban J connectivity index is -0.000000196. The number of ether oxygens (including phenoxy) is 1. The van der Waals surface area contributed by atoms with Crippen LogP contribution < -0.4 is 0 Å². The maximum atomic E-state index is 10.1. The normalized spacial score (nSPS) is 7.00. The molecular weight excluding hydrogens is 224 g/mol. The first-order chi connectivity index (χ1) is 8.70. The lowest BCUT2D eigenvalue weighted by atomic mass is 10.2. The first kappa shape index (κ1) is 21.7. The summed E-state index contributed by atoms with van der Waals surface area (Å²) in [7, 11) is 0. The fourth-order valence-corrected chi connectivity index (χ4v) is 0.736. The Kier molecular flexibility index (Phi) is 25.1. The van der Waals surface area contributed by atoms with Gasteiger partial charge in [-0.2, -0.15) is 0 Å².